The van der Waals surface area contributed by atoms with Crippen molar-refractivity contribution >= 4 is 5.97 Å². The number of carbonyl (C=O) groups excluding carboxylic acids is 1. The highest BCUT2D eigenvalue weighted by atomic mass is 16.5. The number of hydrogen-bond acceptors (Lipinski definition) is 4. The molecule has 1 heterocycles. The van der Waals surface area contributed by atoms with Gasteiger partial charge < -0.3 is 24.3 Å². The van der Waals surface area contributed by atoms with Crippen LogP contribution in [0.5, 0.6) is 11.5 Å². The number of hydrogen-bond donors (Lipinski definition) is 1. The molecule has 0 atom stereocenters. The number of methoxy groups -OCH3 is 1. The quantitative estimate of drug-likeness (QED) is 0.697. The smallest absolute Gasteiger partial charge is 0.137 e. The number of aryl methyl sites for hydroxylation is 1. The second-order valence-electron chi connectivity index (χ2n) is 5.40. The van der Waals surface area contributed by atoms with Gasteiger partial charge in [0.1, 0.15) is 24.7 Å². The second-order valence-corrected chi connectivity index (χ2v) is 5.40. The van der Waals surface area contributed by atoms with E-state index in [0.29, 0.717) is 18.8 Å². The molecule has 5 heteroatoms. The molecule has 1 saturated heterocycles. The maximum Gasteiger partial charge on any atom is 0.137 e. The molecule has 1 aliphatic rings. The molecule has 116 valence electrons. The van der Waals surface area contributed by atoms with Crippen molar-refractivity contribution in [1.82, 2.24) is 0 Å². The van der Waals surface area contributed by atoms with Gasteiger partial charge in [0.2, 0.25) is 0 Å². The molecule has 0 unspecified atom stereocenters. The van der Waals surface area contributed by atoms with E-state index in [1.165, 1.54) is 25.9 Å². The summed E-state index contributed by atoms with van der Waals surface area (Å²) in [7, 11) is 1.61. The van der Waals surface area contributed by atoms with Crippen LogP contribution in [0, 0.1) is 0 Å². The second kappa shape index (κ2) is 7.88. The molecule has 0 aliphatic carbocycles. The molecular weight excluding hydrogens is 270 g/mol. The van der Waals surface area contributed by atoms with E-state index >= 15 is 0 Å². The summed E-state index contributed by atoms with van der Waals surface area (Å²) >= 11 is 0. The number of carboxylic acid groups (broad SMARTS) is 1. The summed E-state index contributed by atoms with van der Waals surface area (Å²) in [6.07, 6.45) is 3.01. The van der Waals surface area contributed by atoms with Crippen LogP contribution in [0.15, 0.2) is 18.2 Å². The van der Waals surface area contributed by atoms with Gasteiger partial charge in [-0.15, -0.1) is 0 Å². The molecular formula is C16H23NO4. The summed E-state index contributed by atoms with van der Waals surface area (Å²) in [5, 5.41) is 10.6. The van der Waals surface area contributed by atoms with Gasteiger partial charge in [-0.2, -0.15) is 0 Å². The normalized spacial score (nSPS) is 15.1. The SMILES string of the molecule is COc1ccc(CCC(=O)[O-])c(OCC[NH+]2CCCC2)c1. The third-order valence-corrected chi connectivity index (χ3v) is 3.90. The van der Waals surface area contributed by atoms with E-state index in [2.05, 4.69) is 0 Å². The predicted octanol–water partition coefficient (Wildman–Crippen LogP) is -0.565. The standard InChI is InChI=1S/C16H23NO4/c1-20-14-6-4-13(5-7-16(18)19)15(12-14)21-11-10-17-8-2-3-9-17/h4,6,12H,2-3,5,7-11H2,1H3,(H,18,19). The average Bonchev–Trinajstić information content (AvgIpc) is 2.99. The summed E-state index contributed by atoms with van der Waals surface area (Å²) in [5.41, 5.74) is 0.886. The number of carboxylic acids is 1. The van der Waals surface area contributed by atoms with Crippen LogP contribution in [-0.2, 0) is 11.2 Å². The zero-order valence-electron chi connectivity index (χ0n) is 12.5. The van der Waals surface area contributed by atoms with E-state index in [0.717, 1.165) is 17.9 Å². The Morgan fingerprint density at radius 2 is 2.10 bits per heavy atom. The molecule has 5 nitrogen and oxygen atoms in total. The van der Waals surface area contributed by atoms with Gasteiger partial charge in [0, 0.05) is 24.9 Å². The van der Waals surface area contributed by atoms with Gasteiger partial charge in [-0.05, 0) is 24.5 Å². The minimum absolute atomic E-state index is 0.0000633. The van der Waals surface area contributed by atoms with E-state index in [1.54, 1.807) is 12.0 Å². The maximum absolute atomic E-state index is 10.6. The lowest BCUT2D eigenvalue weighted by Gasteiger charge is -2.16. The fraction of sp³-hybridized carbons (Fsp3) is 0.562. The number of ether oxygens (including phenoxy) is 2. The van der Waals surface area contributed by atoms with Gasteiger partial charge in [0.25, 0.3) is 0 Å². The Balaban J connectivity index is 1.94. The zero-order valence-corrected chi connectivity index (χ0v) is 12.5. The van der Waals surface area contributed by atoms with Crippen molar-refractivity contribution in [2.24, 2.45) is 0 Å². The minimum Gasteiger partial charge on any atom is -0.550 e. The lowest BCUT2D eigenvalue weighted by Crippen LogP contribution is -3.10. The highest BCUT2D eigenvalue weighted by Crippen LogP contribution is 2.25. The molecule has 1 fully saturated rings. The first-order chi connectivity index (χ1) is 10.2. The van der Waals surface area contributed by atoms with Crippen molar-refractivity contribution in [3.05, 3.63) is 23.8 Å². The largest absolute Gasteiger partial charge is 0.550 e. The number of carbonyl (C=O) groups is 1. The van der Waals surface area contributed by atoms with E-state index in [-0.39, 0.29) is 6.42 Å². The molecule has 21 heavy (non-hydrogen) atoms. The first kappa shape index (κ1) is 15.6. The van der Waals surface area contributed by atoms with E-state index in [4.69, 9.17) is 9.47 Å². The number of nitrogens with one attached hydrogen (secondary N) is 1. The van der Waals surface area contributed by atoms with Crippen LogP contribution in [-0.4, -0.2) is 39.3 Å². The van der Waals surface area contributed by atoms with E-state index in [1.807, 2.05) is 18.2 Å². The highest BCUT2D eigenvalue weighted by Gasteiger charge is 2.15. The Bertz CT molecular complexity index is 469. The summed E-state index contributed by atoms with van der Waals surface area (Å²) in [4.78, 5) is 12.2. The van der Waals surface area contributed by atoms with Crippen LogP contribution in [0.3, 0.4) is 0 Å². The number of benzene rings is 1. The molecule has 1 aromatic carbocycles. The fourth-order valence-electron chi connectivity index (χ4n) is 2.67. The summed E-state index contributed by atoms with van der Waals surface area (Å²) in [6.45, 7) is 4.07. The topological polar surface area (TPSA) is 63.0 Å². The number of aliphatic carboxylic acids is 1. The van der Waals surface area contributed by atoms with Crippen molar-refractivity contribution in [1.29, 1.82) is 0 Å². The van der Waals surface area contributed by atoms with Gasteiger partial charge >= 0.3 is 0 Å². The Morgan fingerprint density at radius 1 is 1.33 bits per heavy atom. The van der Waals surface area contributed by atoms with Gasteiger partial charge in [-0.3, -0.25) is 0 Å². The van der Waals surface area contributed by atoms with Crippen molar-refractivity contribution in [2.75, 3.05) is 33.4 Å². The molecule has 0 spiro atoms. The van der Waals surface area contributed by atoms with Crippen molar-refractivity contribution in [2.45, 2.75) is 25.7 Å². The monoisotopic (exact) mass is 293 g/mol. The van der Waals surface area contributed by atoms with Gasteiger partial charge in [-0.25, -0.2) is 0 Å². The lowest BCUT2D eigenvalue weighted by molar-refractivity contribution is -0.887. The van der Waals surface area contributed by atoms with Crippen molar-refractivity contribution in [3.63, 3.8) is 0 Å². The molecule has 0 saturated carbocycles. The Kier molecular flexibility index (Phi) is 5.87. The summed E-state index contributed by atoms with van der Waals surface area (Å²) in [5.74, 6) is 0.392. The van der Waals surface area contributed by atoms with Crippen LogP contribution in [0.1, 0.15) is 24.8 Å². The van der Waals surface area contributed by atoms with Crippen LogP contribution >= 0.6 is 0 Å². The third-order valence-electron chi connectivity index (χ3n) is 3.90. The van der Waals surface area contributed by atoms with Gasteiger partial charge in [0.05, 0.1) is 20.2 Å². The predicted molar refractivity (Wildman–Crippen MR) is 76.6 cm³/mol. The molecule has 0 radical (unpaired) electrons. The van der Waals surface area contributed by atoms with Crippen molar-refractivity contribution < 1.29 is 24.3 Å². The molecule has 2 rings (SSSR count). The first-order valence-corrected chi connectivity index (χ1v) is 7.52. The van der Waals surface area contributed by atoms with Crippen molar-refractivity contribution in [3.8, 4) is 11.5 Å². The van der Waals surface area contributed by atoms with Crippen LogP contribution < -0.4 is 19.5 Å². The molecule has 0 aromatic heterocycles. The van der Waals surface area contributed by atoms with Crippen LogP contribution in [0.4, 0.5) is 0 Å². The van der Waals surface area contributed by atoms with Crippen LogP contribution in [0.25, 0.3) is 0 Å². The number of likely N-dealkylation sites (tertiary alicyclic amines) is 1. The number of rotatable bonds is 8. The fourth-order valence-corrected chi connectivity index (χ4v) is 2.67. The van der Waals surface area contributed by atoms with Crippen LogP contribution in [0.2, 0.25) is 0 Å². The molecule has 1 aliphatic heterocycles. The third kappa shape index (κ3) is 4.93. The molecule has 1 N–H and O–H groups in total. The Hall–Kier alpha value is -1.75. The summed E-state index contributed by atoms with van der Waals surface area (Å²) in [6, 6.07) is 5.51. The highest BCUT2D eigenvalue weighted by molar-refractivity contribution is 5.64. The lowest BCUT2D eigenvalue weighted by atomic mass is 10.1. The van der Waals surface area contributed by atoms with E-state index in [9.17, 15) is 9.90 Å². The Labute approximate surface area is 125 Å². The zero-order chi connectivity index (χ0) is 15.1. The first-order valence-electron chi connectivity index (χ1n) is 7.52. The molecule has 0 bridgehead atoms. The maximum atomic E-state index is 10.6. The summed E-state index contributed by atoms with van der Waals surface area (Å²) < 4.78 is 11.1. The van der Waals surface area contributed by atoms with Gasteiger partial charge in [0.15, 0.2) is 0 Å². The van der Waals surface area contributed by atoms with E-state index < -0.39 is 5.97 Å². The minimum atomic E-state index is -1.04. The van der Waals surface area contributed by atoms with Gasteiger partial charge in [-0.1, -0.05) is 6.07 Å². The average molecular weight is 293 g/mol. The molecule has 1 aromatic rings. The Morgan fingerprint density at radius 3 is 2.76 bits per heavy atom. The number of quaternary nitrogens is 1. The molecule has 0 amide bonds.